The van der Waals surface area contributed by atoms with Crippen LogP contribution in [0.3, 0.4) is 0 Å². The fraction of sp³-hybridized carbons (Fsp3) is 0.214. The van der Waals surface area contributed by atoms with Gasteiger partial charge in [0.25, 0.3) is 0 Å². The predicted octanol–water partition coefficient (Wildman–Crippen LogP) is 2.72. The van der Waals surface area contributed by atoms with Gasteiger partial charge in [-0.15, -0.1) is 0 Å². The zero-order valence-electron chi connectivity index (χ0n) is 11.1. The van der Waals surface area contributed by atoms with Gasteiger partial charge in [-0.25, -0.2) is 9.97 Å². The van der Waals surface area contributed by atoms with Gasteiger partial charge in [-0.05, 0) is 31.5 Å². The molecule has 1 N–H and O–H groups in total. The monoisotopic (exact) mass is 254 g/mol. The van der Waals surface area contributed by atoms with Gasteiger partial charge in [0.15, 0.2) is 0 Å². The van der Waals surface area contributed by atoms with Gasteiger partial charge in [0.1, 0.15) is 11.9 Å². The summed E-state index contributed by atoms with van der Waals surface area (Å²) in [4.78, 5) is 8.45. The van der Waals surface area contributed by atoms with Gasteiger partial charge in [-0.1, -0.05) is 0 Å². The van der Waals surface area contributed by atoms with E-state index in [4.69, 9.17) is 4.74 Å². The summed E-state index contributed by atoms with van der Waals surface area (Å²) in [5.41, 5.74) is 3.07. The van der Waals surface area contributed by atoms with Crippen molar-refractivity contribution in [1.29, 1.82) is 5.26 Å². The fourth-order valence-corrected chi connectivity index (χ4v) is 1.78. The first kappa shape index (κ1) is 12.8. The van der Waals surface area contributed by atoms with E-state index in [2.05, 4.69) is 21.4 Å². The predicted molar refractivity (Wildman–Crippen MR) is 72.5 cm³/mol. The van der Waals surface area contributed by atoms with Crippen LogP contribution in [0.1, 0.15) is 16.8 Å². The summed E-state index contributed by atoms with van der Waals surface area (Å²) in [5.74, 6) is 1.09. The van der Waals surface area contributed by atoms with Crippen molar-refractivity contribution in [3.8, 4) is 11.9 Å². The van der Waals surface area contributed by atoms with Crippen molar-refractivity contribution in [2.24, 2.45) is 0 Å². The molecule has 0 aliphatic carbocycles. The van der Waals surface area contributed by atoms with Gasteiger partial charge >= 0.3 is 0 Å². The van der Waals surface area contributed by atoms with Crippen LogP contribution in [-0.4, -0.2) is 17.1 Å². The molecule has 0 spiro atoms. The molecule has 0 aromatic carbocycles. The maximum absolute atomic E-state index is 9.18. The molecule has 0 amide bonds. The summed E-state index contributed by atoms with van der Waals surface area (Å²) >= 11 is 0. The Kier molecular flexibility index (Phi) is 3.62. The lowest BCUT2D eigenvalue weighted by Crippen LogP contribution is -2.01. The maximum atomic E-state index is 9.18. The molecule has 0 atom stereocenters. The van der Waals surface area contributed by atoms with E-state index in [9.17, 15) is 5.26 Å². The van der Waals surface area contributed by atoms with E-state index in [1.54, 1.807) is 19.4 Å². The molecular weight excluding hydrogens is 240 g/mol. The summed E-state index contributed by atoms with van der Waals surface area (Å²) < 4.78 is 5.00. The molecular formula is C14H14N4O. The van der Waals surface area contributed by atoms with E-state index in [1.807, 2.05) is 26.0 Å². The van der Waals surface area contributed by atoms with E-state index < -0.39 is 0 Å². The van der Waals surface area contributed by atoms with Gasteiger partial charge in [-0.2, -0.15) is 5.26 Å². The van der Waals surface area contributed by atoms with Crippen LogP contribution in [0, 0.1) is 25.2 Å². The van der Waals surface area contributed by atoms with Crippen LogP contribution >= 0.6 is 0 Å². The Bertz CT molecular complexity index is 629. The molecule has 0 unspecified atom stereocenters. The third-order valence-electron chi connectivity index (χ3n) is 2.66. The number of hydrogen-bond donors (Lipinski definition) is 1. The summed E-state index contributed by atoms with van der Waals surface area (Å²) in [6, 6.07) is 7.62. The first-order valence-electron chi connectivity index (χ1n) is 5.79. The number of aromatic nitrogens is 2. The highest BCUT2D eigenvalue weighted by Crippen LogP contribution is 2.22. The van der Waals surface area contributed by atoms with Gasteiger partial charge in [0, 0.05) is 11.8 Å². The maximum Gasteiger partial charge on any atom is 0.213 e. The molecule has 2 heterocycles. The SMILES string of the molecule is COc1ccc(Nc2nc(C)cc(C)c2C#N)cn1. The molecule has 96 valence electrons. The summed E-state index contributed by atoms with van der Waals surface area (Å²) in [5, 5.41) is 12.3. The quantitative estimate of drug-likeness (QED) is 0.911. The smallest absolute Gasteiger partial charge is 0.213 e. The Morgan fingerprint density at radius 1 is 1.32 bits per heavy atom. The van der Waals surface area contributed by atoms with E-state index in [1.165, 1.54) is 0 Å². The summed E-state index contributed by atoms with van der Waals surface area (Å²) in [6.45, 7) is 3.79. The number of methoxy groups -OCH3 is 1. The van der Waals surface area contributed by atoms with E-state index in [0.29, 0.717) is 17.3 Å². The van der Waals surface area contributed by atoms with Gasteiger partial charge in [-0.3, -0.25) is 0 Å². The molecule has 19 heavy (non-hydrogen) atoms. The van der Waals surface area contributed by atoms with Gasteiger partial charge < -0.3 is 10.1 Å². The highest BCUT2D eigenvalue weighted by Gasteiger charge is 2.08. The Hall–Kier alpha value is -2.61. The Balaban J connectivity index is 2.34. The highest BCUT2D eigenvalue weighted by molar-refractivity contribution is 5.64. The van der Waals surface area contributed by atoms with Crippen molar-refractivity contribution < 1.29 is 4.74 Å². The summed E-state index contributed by atoms with van der Waals surface area (Å²) in [6.07, 6.45) is 1.64. The zero-order chi connectivity index (χ0) is 13.8. The second-order valence-corrected chi connectivity index (χ2v) is 4.13. The Morgan fingerprint density at radius 3 is 2.68 bits per heavy atom. The number of nitriles is 1. The third kappa shape index (κ3) is 2.80. The molecule has 2 rings (SSSR count). The van der Waals surface area contributed by atoms with Crippen LogP contribution in [0.5, 0.6) is 5.88 Å². The number of rotatable bonds is 3. The lowest BCUT2D eigenvalue weighted by molar-refractivity contribution is 0.398. The van der Waals surface area contributed by atoms with Crippen molar-refractivity contribution in [3.63, 3.8) is 0 Å². The van der Waals surface area contributed by atoms with Crippen molar-refractivity contribution in [3.05, 3.63) is 41.2 Å². The number of nitrogens with zero attached hydrogens (tertiary/aromatic N) is 3. The largest absolute Gasteiger partial charge is 0.481 e. The molecule has 0 saturated carbocycles. The van der Waals surface area contributed by atoms with Crippen LogP contribution in [0.4, 0.5) is 11.5 Å². The number of hydrogen-bond acceptors (Lipinski definition) is 5. The average Bonchev–Trinajstić information content (AvgIpc) is 2.39. The van der Waals surface area contributed by atoms with Gasteiger partial charge in [0.05, 0.1) is 24.6 Å². The van der Waals surface area contributed by atoms with Crippen LogP contribution in [0.25, 0.3) is 0 Å². The Morgan fingerprint density at radius 2 is 2.11 bits per heavy atom. The standard InChI is InChI=1S/C14H14N4O/c1-9-6-10(2)17-14(12(9)7-15)18-11-4-5-13(19-3)16-8-11/h4-6,8H,1-3H3,(H,17,18). The second-order valence-electron chi connectivity index (χ2n) is 4.13. The first-order valence-corrected chi connectivity index (χ1v) is 5.79. The highest BCUT2D eigenvalue weighted by atomic mass is 16.5. The van der Waals surface area contributed by atoms with Crippen LogP contribution < -0.4 is 10.1 Å². The molecule has 2 aromatic heterocycles. The van der Waals surface area contributed by atoms with Crippen molar-refractivity contribution >= 4 is 11.5 Å². The van der Waals surface area contributed by atoms with Gasteiger partial charge in [0.2, 0.25) is 5.88 Å². The third-order valence-corrected chi connectivity index (χ3v) is 2.66. The second kappa shape index (κ2) is 5.36. The first-order chi connectivity index (χ1) is 9.13. The lowest BCUT2D eigenvalue weighted by atomic mass is 10.1. The average molecular weight is 254 g/mol. The number of nitrogens with one attached hydrogen (secondary N) is 1. The number of ether oxygens (including phenoxy) is 1. The van der Waals surface area contributed by atoms with Crippen LogP contribution in [0.15, 0.2) is 24.4 Å². The molecule has 0 bridgehead atoms. The molecule has 2 aromatic rings. The van der Waals surface area contributed by atoms with Crippen molar-refractivity contribution in [2.45, 2.75) is 13.8 Å². The lowest BCUT2D eigenvalue weighted by Gasteiger charge is -2.10. The number of aryl methyl sites for hydroxylation is 2. The minimum atomic E-state index is 0.541. The molecule has 5 heteroatoms. The topological polar surface area (TPSA) is 70.8 Å². The molecule has 0 radical (unpaired) electrons. The van der Waals surface area contributed by atoms with Crippen LogP contribution in [0.2, 0.25) is 0 Å². The number of pyridine rings is 2. The van der Waals surface area contributed by atoms with E-state index in [-0.39, 0.29) is 0 Å². The van der Waals surface area contributed by atoms with E-state index in [0.717, 1.165) is 16.9 Å². The van der Waals surface area contributed by atoms with E-state index >= 15 is 0 Å². The molecule has 0 saturated heterocycles. The zero-order valence-corrected chi connectivity index (χ0v) is 11.1. The fourth-order valence-electron chi connectivity index (χ4n) is 1.78. The molecule has 0 aliphatic rings. The summed E-state index contributed by atoms with van der Waals surface area (Å²) in [7, 11) is 1.56. The minimum absolute atomic E-state index is 0.541. The number of anilines is 2. The normalized spacial score (nSPS) is 9.79. The molecule has 0 fully saturated rings. The molecule has 5 nitrogen and oxygen atoms in total. The molecule has 0 aliphatic heterocycles. The minimum Gasteiger partial charge on any atom is -0.481 e. The Labute approximate surface area is 111 Å². The van der Waals surface area contributed by atoms with Crippen molar-refractivity contribution in [1.82, 2.24) is 9.97 Å². The van der Waals surface area contributed by atoms with Crippen LogP contribution in [-0.2, 0) is 0 Å². The van der Waals surface area contributed by atoms with Crippen molar-refractivity contribution in [2.75, 3.05) is 12.4 Å².